The highest BCUT2D eigenvalue weighted by Crippen LogP contribution is 2.54. The van der Waals surface area contributed by atoms with Crippen molar-refractivity contribution in [3.8, 4) is 0 Å². The number of rotatable bonds is 10. The quantitative estimate of drug-likeness (QED) is 0.0388. The van der Waals surface area contributed by atoms with Crippen LogP contribution in [0.4, 0.5) is 30.7 Å². The number of esters is 3. The number of aliphatic hydroxyl groups excluding tert-OH is 3. The maximum absolute atomic E-state index is 14.5. The molecular formula is C64H84ClF7N24O18. The van der Waals surface area contributed by atoms with Gasteiger partial charge >= 0.3 is 30.3 Å². The number of ether oxygens (including phenoxy) is 3. The van der Waals surface area contributed by atoms with Crippen molar-refractivity contribution in [2.75, 3.05) is 19.8 Å². The van der Waals surface area contributed by atoms with E-state index < -0.39 is 202 Å². The third kappa shape index (κ3) is 12.1. The molecule has 0 radical (unpaired) electrons. The molecule has 0 saturated carbocycles. The van der Waals surface area contributed by atoms with Crippen LogP contribution in [0.25, 0.3) is 0 Å². The molecule has 31 N–H and O–H groups in total. The number of aliphatic hydroxyl groups is 11. The number of furan rings is 1. The van der Waals surface area contributed by atoms with Gasteiger partial charge in [0.25, 0.3) is 0 Å². The molecule has 624 valence electrons. The highest BCUT2D eigenvalue weighted by Gasteiger charge is 2.80. The zero-order chi connectivity index (χ0) is 84.3. The van der Waals surface area contributed by atoms with Gasteiger partial charge in [0, 0.05) is 12.5 Å². The monoisotopic (exact) mass is 1640 g/mol. The topological polar surface area (TPSA) is 683 Å². The van der Waals surface area contributed by atoms with E-state index in [0.717, 1.165) is 17.0 Å². The van der Waals surface area contributed by atoms with Gasteiger partial charge < -0.3 is 162 Å². The molecule has 4 spiro atoms. The van der Waals surface area contributed by atoms with E-state index in [1.54, 1.807) is 24.8 Å². The molecule has 4 saturated heterocycles. The molecule has 0 aliphatic carbocycles. The van der Waals surface area contributed by atoms with Crippen molar-refractivity contribution in [3.05, 3.63) is 92.6 Å². The van der Waals surface area contributed by atoms with Gasteiger partial charge in [-0.3, -0.25) is 0 Å². The predicted molar refractivity (Wildman–Crippen MR) is 380 cm³/mol. The van der Waals surface area contributed by atoms with Crippen LogP contribution in [0.15, 0.2) is 86.8 Å². The smallest absolute Gasteiger partial charge is 0.417 e. The average Bonchev–Trinajstić information content (AvgIpc) is 1.52. The molecule has 0 bridgehead atoms. The number of nitrogens with two attached hydrogens (primary N) is 8. The molecule has 2 aromatic carbocycles. The molecule has 114 heavy (non-hydrogen) atoms. The normalized spacial score (nSPS) is 34.8. The van der Waals surface area contributed by atoms with Crippen LogP contribution in [0.1, 0.15) is 101 Å². The summed E-state index contributed by atoms with van der Waals surface area (Å²) in [7, 11) is 0. The van der Waals surface area contributed by atoms with E-state index in [0.29, 0.717) is 30.4 Å². The Morgan fingerprint density at radius 3 is 1.29 bits per heavy atom. The van der Waals surface area contributed by atoms with Crippen molar-refractivity contribution in [1.29, 1.82) is 0 Å². The number of carbonyl (C=O) groups is 3. The van der Waals surface area contributed by atoms with E-state index in [9.17, 15) is 101 Å². The molecule has 13 heterocycles. The first-order valence-corrected chi connectivity index (χ1v) is 35.3. The summed E-state index contributed by atoms with van der Waals surface area (Å²) in [5, 5.41) is 127. The number of alkyl halides is 6. The summed E-state index contributed by atoms with van der Waals surface area (Å²) in [5.74, 6) is -16.4. The van der Waals surface area contributed by atoms with Crippen LogP contribution >= 0.6 is 11.6 Å². The largest absolute Gasteiger partial charge is 0.454 e. The number of aryl methyl sites for hydroxylation is 2. The second kappa shape index (κ2) is 28.0. The van der Waals surface area contributed by atoms with Crippen molar-refractivity contribution in [1.82, 2.24) is 40.9 Å². The lowest BCUT2D eigenvalue weighted by Gasteiger charge is -2.49. The first-order chi connectivity index (χ1) is 52.9. The van der Waals surface area contributed by atoms with Crippen molar-refractivity contribution in [3.63, 3.8) is 0 Å². The van der Waals surface area contributed by atoms with Crippen molar-refractivity contribution < 1.29 is 120 Å². The van der Waals surface area contributed by atoms with Crippen LogP contribution in [0.2, 0.25) is 5.02 Å². The van der Waals surface area contributed by atoms with E-state index in [4.69, 9.17) is 76.1 Å². The van der Waals surface area contributed by atoms with Gasteiger partial charge in [-0.05, 0) is 89.9 Å². The summed E-state index contributed by atoms with van der Waals surface area (Å²) in [5.41, 5.74) is 35.8. The fourth-order valence-electron chi connectivity index (χ4n) is 17.6. The van der Waals surface area contributed by atoms with Crippen molar-refractivity contribution in [2.45, 2.75) is 210 Å². The third-order valence-electron chi connectivity index (χ3n) is 22.3. The lowest BCUT2D eigenvalue weighted by atomic mass is 9.84. The first-order valence-electron chi connectivity index (χ1n) is 34.9. The van der Waals surface area contributed by atoms with E-state index in [1.165, 1.54) is 36.6 Å². The van der Waals surface area contributed by atoms with Gasteiger partial charge in [0.1, 0.15) is 53.6 Å². The van der Waals surface area contributed by atoms with Crippen LogP contribution in [-0.4, -0.2) is 298 Å². The minimum Gasteiger partial charge on any atom is -0.454 e. The van der Waals surface area contributed by atoms with Gasteiger partial charge in [-0.15, -0.1) is 0 Å². The minimum atomic E-state index is -5.15. The average molecular weight is 1650 g/mol. The van der Waals surface area contributed by atoms with Crippen molar-refractivity contribution in [2.24, 2.45) is 85.8 Å². The fourth-order valence-corrected chi connectivity index (χ4v) is 17.8. The maximum Gasteiger partial charge on any atom is 0.417 e. The second-order valence-electron chi connectivity index (χ2n) is 29.0. The Labute approximate surface area is 644 Å². The number of nitrogens with one attached hydrogen (secondary N) is 4. The molecule has 0 unspecified atom stereocenters. The number of carbonyl (C=O) groups excluding carboxylic acids is 3. The molecule has 15 rings (SSSR count). The second-order valence-corrected chi connectivity index (χ2v) is 29.4. The SMILES string of the molecule is CC[C@@H]1N=C(N)N2[C@@H](C)[C@H](OC(=O)c3cc(C(F)(F)F)ccc3C)C(O)(O)[C@@]23NC(N)=N[C@@H]13.C[C@H]1CC(O)(O)[C@]23NC(N)=N[C@H]2[C@H](CO)N=C(N)N13.C[C@H]1[C@H](OC(=O)c2c(C(F)(F)F)ccc(Cl)c2F)C(O)(O)[C@]23NC(N)=N[C@H]2[C@H](CO)N=C(N)N13.Cc1ccc(C(=O)O[C@H]2[C@H](C)N3C(N)=N[C@@H](CO)[C@@H]4N=C(N)N[C@@]43C2(O)O)o1. The fraction of sp³-hybridized carbons (Fsp3) is 0.578. The number of hydrogen-bond acceptors (Lipinski definition) is 42. The number of aliphatic imine (C=N–C) groups is 8. The summed E-state index contributed by atoms with van der Waals surface area (Å²) >= 11 is 5.57. The van der Waals surface area contributed by atoms with Gasteiger partial charge in [0.15, 0.2) is 94.5 Å². The van der Waals surface area contributed by atoms with E-state index in [-0.39, 0.29) is 83.6 Å². The molecule has 42 nitrogen and oxygen atoms in total. The molecule has 4 fully saturated rings. The minimum absolute atomic E-state index is 0.0377. The number of benzene rings is 2. The summed E-state index contributed by atoms with van der Waals surface area (Å²) in [6, 6.07) is -3.50. The summed E-state index contributed by atoms with van der Waals surface area (Å²) in [6.07, 6.45) is -14.4. The molecule has 12 aliphatic heterocycles. The Kier molecular flexibility index (Phi) is 20.4. The zero-order valence-corrected chi connectivity index (χ0v) is 61.8. The van der Waals surface area contributed by atoms with Crippen LogP contribution in [0, 0.1) is 19.7 Å². The van der Waals surface area contributed by atoms with Crippen LogP contribution in [0.5, 0.6) is 0 Å². The van der Waals surface area contributed by atoms with Crippen molar-refractivity contribution >= 4 is 77.2 Å². The Balaban J connectivity index is 0.000000143. The maximum atomic E-state index is 14.5. The zero-order valence-electron chi connectivity index (χ0n) is 61.0. The summed E-state index contributed by atoms with van der Waals surface area (Å²) in [4.78, 5) is 77.1. The number of guanidine groups is 8. The number of halogens is 8. The van der Waals surface area contributed by atoms with E-state index in [1.807, 2.05) is 13.8 Å². The molecule has 0 amide bonds. The highest BCUT2D eigenvalue weighted by atomic mass is 35.5. The Morgan fingerprint density at radius 1 is 0.526 bits per heavy atom. The lowest BCUT2D eigenvalue weighted by Crippen LogP contribution is -2.77. The number of hydrogen-bond donors (Lipinski definition) is 23. The highest BCUT2D eigenvalue weighted by molar-refractivity contribution is 6.31. The summed E-state index contributed by atoms with van der Waals surface area (Å²) in [6.45, 7) is 9.79. The third-order valence-corrected chi connectivity index (χ3v) is 22.6. The molecule has 1 aromatic heterocycles. The van der Waals surface area contributed by atoms with Gasteiger partial charge in [-0.25, -0.2) is 58.7 Å². The van der Waals surface area contributed by atoms with E-state index >= 15 is 0 Å². The molecule has 3 aromatic rings. The Bertz CT molecular complexity index is 4650. The van der Waals surface area contributed by atoms with Gasteiger partial charge in [-0.2, -0.15) is 26.3 Å². The van der Waals surface area contributed by atoms with Crippen LogP contribution in [-0.2, 0) is 26.6 Å². The molecule has 19 atom stereocenters. The lowest BCUT2D eigenvalue weighted by molar-refractivity contribution is -0.258. The standard InChI is InChI=1S/C20H25F3N6O4.C18H19ClF4N6O5.C16H22N6O6.C10H18N6O3/c1-4-12-13-18(28-16(24)27-13)19(31,32)14(9(3)29(18)17(25)26-12)33-15(30)11-7-10(20(21,22)23)6-5-8(11)2;1-5-12(34-13(31)9-6(18(21,22)23)2-3-7(19)10(9)20)17(32,33)16-11(27-14(24)28-16)8(4-30)26-15(25)29(5)16;1-6-3-4-9(27-6)12(24)28-11-7(2)22-14(18)19-8(5-23)10-15(22,16(11,25)26)21-13(17)20-10;1-4-2-9(18,19)10-6(14-7(11)15-10)5(3-17)13-8(12)16(4)10/h5-7,9,12-14,31-32H,4H2,1-3H3,(H2,25,26)(H3,24,27,28);2-3,5,8,11-12,30,32-33H,4H2,1H3,(H2,25,26)(H3,24,27,28);3-4,7-8,10-11,23,25-26H,5H2,1-2H3,(H2,18,19)(H3,17,20,21);4-6,17-19H,2-3H2,1H3,(H2,12,13)(H3,11,14,15)/t9-,12-,13-,14-,18-;5-,8-,11-,12-,16-;7-,8-,10-,11-,15-;4-,5-,6-,10-/m0000/s1. The predicted octanol–water partition coefficient (Wildman–Crippen LogP) is -7.30. The van der Waals surface area contributed by atoms with Crippen LogP contribution in [0.3, 0.4) is 0 Å². The molecular weight excluding hydrogens is 1560 g/mol. The first kappa shape index (κ1) is 83.1. The Morgan fingerprint density at radius 2 is 0.904 bits per heavy atom. The van der Waals surface area contributed by atoms with Gasteiger partial charge in [-0.1, -0.05) is 24.6 Å². The molecule has 12 aliphatic rings. The molecule has 50 heteroatoms. The van der Waals surface area contributed by atoms with Gasteiger partial charge in [0.05, 0.1) is 65.7 Å². The van der Waals surface area contributed by atoms with Gasteiger partial charge in [0.2, 0.25) is 28.9 Å². The number of nitrogens with zero attached hydrogens (tertiary/aromatic N) is 12. The van der Waals surface area contributed by atoms with E-state index in [2.05, 4.69) is 61.2 Å². The van der Waals surface area contributed by atoms with Crippen LogP contribution < -0.4 is 67.1 Å². The Hall–Kier alpha value is -10.3. The summed E-state index contributed by atoms with van der Waals surface area (Å²) < 4.78 is 115.